The van der Waals surface area contributed by atoms with Gasteiger partial charge >= 0.3 is 5.97 Å². The summed E-state index contributed by atoms with van der Waals surface area (Å²) in [6.45, 7) is 8.54. The highest BCUT2D eigenvalue weighted by atomic mass is 35.5. The van der Waals surface area contributed by atoms with Gasteiger partial charge < -0.3 is 14.2 Å². The second kappa shape index (κ2) is 11.5. The third-order valence-electron chi connectivity index (χ3n) is 6.89. The van der Waals surface area contributed by atoms with Gasteiger partial charge in [-0.05, 0) is 67.5 Å². The van der Waals surface area contributed by atoms with E-state index in [2.05, 4.69) is 0 Å². The molecule has 2 aromatic carbocycles. The zero-order chi connectivity index (χ0) is 26.7. The van der Waals surface area contributed by atoms with Crippen LogP contribution in [0.3, 0.4) is 0 Å². The fourth-order valence-electron chi connectivity index (χ4n) is 5.19. The molecular formula is C30H34ClNO5. The number of carbonyl (C=O) groups excluding carboxylic acids is 2. The van der Waals surface area contributed by atoms with E-state index in [4.69, 9.17) is 30.8 Å². The van der Waals surface area contributed by atoms with Gasteiger partial charge in [0.2, 0.25) is 0 Å². The lowest BCUT2D eigenvalue weighted by Crippen LogP contribution is -2.38. The number of halogens is 1. The summed E-state index contributed by atoms with van der Waals surface area (Å²) >= 11 is 6.08. The van der Waals surface area contributed by atoms with Gasteiger partial charge in [-0.25, -0.2) is 0 Å². The first-order valence-electron chi connectivity index (χ1n) is 12.8. The van der Waals surface area contributed by atoms with Gasteiger partial charge in [0.15, 0.2) is 17.3 Å². The monoisotopic (exact) mass is 523 g/mol. The number of esters is 1. The Morgan fingerprint density at radius 2 is 1.78 bits per heavy atom. The summed E-state index contributed by atoms with van der Waals surface area (Å²) in [5.41, 5.74) is 3.82. The molecule has 1 aliphatic carbocycles. The normalized spacial score (nSPS) is 21.4. The van der Waals surface area contributed by atoms with Crippen molar-refractivity contribution in [3.05, 3.63) is 69.9 Å². The highest BCUT2D eigenvalue weighted by molar-refractivity contribution is 6.30. The molecule has 0 amide bonds. The van der Waals surface area contributed by atoms with E-state index in [1.807, 2.05) is 70.2 Å². The van der Waals surface area contributed by atoms with Crippen LogP contribution in [0.15, 0.2) is 58.7 Å². The minimum Gasteiger partial charge on any atom is -0.493 e. The van der Waals surface area contributed by atoms with Gasteiger partial charge in [-0.15, -0.1) is 0 Å². The first-order valence-corrected chi connectivity index (χ1v) is 13.2. The van der Waals surface area contributed by atoms with Crippen molar-refractivity contribution in [3.8, 4) is 11.5 Å². The summed E-state index contributed by atoms with van der Waals surface area (Å²) < 4.78 is 17.0. The number of nitrogens with zero attached hydrogens (tertiary/aromatic N) is 1. The van der Waals surface area contributed by atoms with Gasteiger partial charge in [0.05, 0.1) is 20.3 Å². The number of Topliss-reactive ketones (excluding diaryl/α,β-unsaturated/α-hetero) is 1. The molecule has 37 heavy (non-hydrogen) atoms. The Kier molecular flexibility index (Phi) is 8.38. The number of carbonyl (C=O) groups is 2. The molecule has 196 valence electrons. The highest BCUT2D eigenvalue weighted by Crippen LogP contribution is 2.48. The van der Waals surface area contributed by atoms with Gasteiger partial charge in [0.25, 0.3) is 0 Å². The van der Waals surface area contributed by atoms with E-state index in [-0.39, 0.29) is 23.6 Å². The number of methoxy groups -OCH3 is 1. The molecule has 4 rings (SSSR count). The predicted octanol–water partition coefficient (Wildman–Crippen LogP) is 6.52. The zero-order valence-corrected chi connectivity index (χ0v) is 22.8. The minimum atomic E-state index is -0.698. The third-order valence-corrected chi connectivity index (χ3v) is 7.14. The second-order valence-corrected chi connectivity index (χ2v) is 10.5. The molecule has 2 aliphatic rings. The van der Waals surface area contributed by atoms with Crippen molar-refractivity contribution < 1.29 is 23.8 Å². The van der Waals surface area contributed by atoms with E-state index >= 15 is 0 Å². The maximum atomic E-state index is 13.8. The lowest BCUT2D eigenvalue weighted by Gasteiger charge is -2.36. The molecule has 0 N–H and O–H groups in total. The molecule has 0 aromatic heterocycles. The lowest BCUT2D eigenvalue weighted by molar-refractivity contribution is -0.147. The van der Waals surface area contributed by atoms with E-state index in [0.29, 0.717) is 53.9 Å². The highest BCUT2D eigenvalue weighted by Gasteiger charge is 2.45. The van der Waals surface area contributed by atoms with Gasteiger partial charge in [0, 0.05) is 34.3 Å². The third kappa shape index (κ3) is 5.74. The van der Waals surface area contributed by atoms with Crippen LogP contribution in [0.4, 0.5) is 0 Å². The number of rotatable bonds is 8. The van der Waals surface area contributed by atoms with Gasteiger partial charge in [-0.2, -0.15) is 0 Å². The fraction of sp³-hybridized carbons (Fsp3) is 0.433. The molecule has 1 heterocycles. The lowest BCUT2D eigenvalue weighted by atomic mass is 9.69. The Morgan fingerprint density at radius 3 is 2.43 bits per heavy atom. The average molecular weight is 524 g/mol. The van der Waals surface area contributed by atoms with Crippen LogP contribution in [0.2, 0.25) is 5.02 Å². The SMILES string of the molecule is CCOc1ccc(C2C3=C(CC(c4ccc(Cl)cc4)CC3=O)N=C(C)C2C(=O)OCC(C)C)cc1OC. The van der Waals surface area contributed by atoms with E-state index in [9.17, 15) is 9.59 Å². The maximum Gasteiger partial charge on any atom is 0.315 e. The Balaban J connectivity index is 1.79. The zero-order valence-electron chi connectivity index (χ0n) is 22.0. The molecule has 0 saturated carbocycles. The van der Waals surface area contributed by atoms with E-state index < -0.39 is 11.8 Å². The number of ether oxygens (including phenoxy) is 3. The topological polar surface area (TPSA) is 74.2 Å². The van der Waals surface area contributed by atoms with Crippen LogP contribution < -0.4 is 9.47 Å². The van der Waals surface area contributed by atoms with Crippen molar-refractivity contribution >= 4 is 29.1 Å². The van der Waals surface area contributed by atoms with Crippen LogP contribution in [0.5, 0.6) is 11.5 Å². The van der Waals surface area contributed by atoms with Crippen LogP contribution >= 0.6 is 11.6 Å². The Bertz CT molecular complexity index is 1230. The van der Waals surface area contributed by atoms with Crippen LogP contribution in [-0.2, 0) is 14.3 Å². The molecule has 2 aromatic rings. The minimum absolute atomic E-state index is 0.0000236. The van der Waals surface area contributed by atoms with Crippen LogP contribution in [-0.4, -0.2) is 37.8 Å². The Labute approximate surface area is 223 Å². The van der Waals surface area contributed by atoms with Crippen molar-refractivity contribution in [2.45, 2.75) is 52.4 Å². The molecule has 0 fully saturated rings. The van der Waals surface area contributed by atoms with Crippen LogP contribution in [0.1, 0.15) is 63.5 Å². The maximum absolute atomic E-state index is 13.8. The van der Waals surface area contributed by atoms with Crippen molar-refractivity contribution in [2.75, 3.05) is 20.3 Å². The summed E-state index contributed by atoms with van der Waals surface area (Å²) in [5, 5.41) is 0.657. The van der Waals surface area contributed by atoms with Crippen LogP contribution in [0.25, 0.3) is 0 Å². The smallest absolute Gasteiger partial charge is 0.315 e. The standard InChI is InChI=1S/C30H34ClNO5/c1-6-36-25-12-9-20(15-26(25)35-5)28-27(30(34)37-16-17(2)3)18(4)32-23-13-21(14-24(33)29(23)28)19-7-10-22(31)11-8-19/h7-12,15,17,21,27-28H,6,13-14,16H2,1-5H3. The van der Waals surface area contributed by atoms with E-state index in [1.54, 1.807) is 7.11 Å². The van der Waals surface area contributed by atoms with Gasteiger partial charge in [-0.1, -0.05) is 43.6 Å². The van der Waals surface area contributed by atoms with Gasteiger partial charge in [0.1, 0.15) is 5.92 Å². The van der Waals surface area contributed by atoms with Crippen molar-refractivity contribution in [3.63, 3.8) is 0 Å². The largest absolute Gasteiger partial charge is 0.493 e. The molecule has 1 aliphatic heterocycles. The van der Waals surface area contributed by atoms with E-state index in [0.717, 1.165) is 16.8 Å². The van der Waals surface area contributed by atoms with Crippen LogP contribution in [0, 0.1) is 11.8 Å². The quantitative estimate of drug-likeness (QED) is 0.368. The number of hydrogen-bond donors (Lipinski definition) is 0. The molecule has 0 radical (unpaired) electrons. The molecule has 6 nitrogen and oxygen atoms in total. The molecule has 3 unspecified atom stereocenters. The molecule has 0 spiro atoms. The summed E-state index contributed by atoms with van der Waals surface area (Å²) in [5.74, 6) is -0.227. The molecule has 0 saturated heterocycles. The first-order chi connectivity index (χ1) is 17.7. The summed E-state index contributed by atoms with van der Waals surface area (Å²) in [6, 6.07) is 13.2. The number of benzene rings is 2. The molecule has 7 heteroatoms. The number of ketones is 1. The Hall–Kier alpha value is -3.12. The fourth-order valence-corrected chi connectivity index (χ4v) is 5.31. The number of aliphatic imine (C=N–C) groups is 1. The molecular weight excluding hydrogens is 490 g/mol. The Morgan fingerprint density at radius 1 is 1.08 bits per heavy atom. The summed E-state index contributed by atoms with van der Waals surface area (Å²) in [4.78, 5) is 32.0. The average Bonchev–Trinajstić information content (AvgIpc) is 2.87. The van der Waals surface area contributed by atoms with Gasteiger partial charge in [-0.3, -0.25) is 14.6 Å². The number of hydrogen-bond acceptors (Lipinski definition) is 6. The predicted molar refractivity (Wildman–Crippen MR) is 145 cm³/mol. The van der Waals surface area contributed by atoms with Crippen molar-refractivity contribution in [1.82, 2.24) is 0 Å². The second-order valence-electron chi connectivity index (χ2n) is 10.0. The van der Waals surface area contributed by atoms with Crippen molar-refractivity contribution in [2.24, 2.45) is 16.8 Å². The van der Waals surface area contributed by atoms with Crippen molar-refractivity contribution in [1.29, 1.82) is 0 Å². The summed E-state index contributed by atoms with van der Waals surface area (Å²) in [6.07, 6.45) is 0.950. The summed E-state index contributed by atoms with van der Waals surface area (Å²) in [7, 11) is 1.58. The number of allylic oxidation sites excluding steroid dienone is 2. The first kappa shape index (κ1) is 26.9. The molecule has 3 atom stereocenters. The van der Waals surface area contributed by atoms with E-state index in [1.165, 1.54) is 0 Å². The molecule has 0 bridgehead atoms.